The Bertz CT molecular complexity index is 425. The van der Waals surface area contributed by atoms with E-state index in [9.17, 15) is 9.18 Å². The molecule has 0 bridgehead atoms. The van der Waals surface area contributed by atoms with E-state index in [2.05, 4.69) is 5.32 Å². The molecule has 1 amide bonds. The van der Waals surface area contributed by atoms with Crippen molar-refractivity contribution in [1.29, 1.82) is 0 Å². The van der Waals surface area contributed by atoms with Crippen LogP contribution in [0, 0.1) is 11.7 Å². The van der Waals surface area contributed by atoms with Gasteiger partial charge in [0, 0.05) is 12.6 Å². The Kier molecular flexibility index (Phi) is 4.28. The summed E-state index contributed by atoms with van der Waals surface area (Å²) < 4.78 is 18.5. The van der Waals surface area contributed by atoms with Crippen LogP contribution in [-0.4, -0.2) is 31.7 Å². The maximum absolute atomic E-state index is 13.3. The summed E-state index contributed by atoms with van der Waals surface area (Å²) in [5.74, 6) is -0.644. The average molecular weight is 252 g/mol. The zero-order valence-electron chi connectivity index (χ0n) is 10.1. The molecule has 1 aliphatic rings. The predicted octanol–water partition coefficient (Wildman–Crippen LogP) is 0.458. The molecule has 1 aliphatic heterocycles. The van der Waals surface area contributed by atoms with Crippen molar-refractivity contribution in [2.45, 2.75) is 12.5 Å². The van der Waals surface area contributed by atoms with Gasteiger partial charge in [-0.05, 0) is 18.1 Å². The van der Waals surface area contributed by atoms with Crippen molar-refractivity contribution in [1.82, 2.24) is 5.32 Å². The number of carbonyl (C=O) groups excluding carboxylic acids is 1. The number of hydrogen-bond acceptors (Lipinski definition) is 3. The highest BCUT2D eigenvalue weighted by molar-refractivity contribution is 5.79. The van der Waals surface area contributed by atoms with Crippen LogP contribution in [0.25, 0.3) is 0 Å². The van der Waals surface area contributed by atoms with Gasteiger partial charge in [0.25, 0.3) is 0 Å². The van der Waals surface area contributed by atoms with Gasteiger partial charge in [0.05, 0.1) is 19.1 Å². The van der Waals surface area contributed by atoms with Gasteiger partial charge in [-0.15, -0.1) is 0 Å². The Morgan fingerprint density at radius 1 is 1.44 bits per heavy atom. The molecular formula is C13H17FN2O2. The maximum atomic E-state index is 13.3. The van der Waals surface area contributed by atoms with Crippen LogP contribution in [0.2, 0.25) is 0 Å². The van der Waals surface area contributed by atoms with Gasteiger partial charge in [-0.2, -0.15) is 0 Å². The molecule has 2 rings (SSSR count). The van der Waals surface area contributed by atoms with Gasteiger partial charge < -0.3 is 15.8 Å². The van der Waals surface area contributed by atoms with Crippen molar-refractivity contribution in [3.63, 3.8) is 0 Å². The fourth-order valence-corrected chi connectivity index (χ4v) is 1.99. The second-order valence-electron chi connectivity index (χ2n) is 4.44. The summed E-state index contributed by atoms with van der Waals surface area (Å²) in [5, 5.41) is 2.77. The van der Waals surface area contributed by atoms with Gasteiger partial charge in [-0.1, -0.05) is 18.2 Å². The van der Waals surface area contributed by atoms with E-state index in [0.717, 1.165) is 0 Å². The molecule has 5 heteroatoms. The Morgan fingerprint density at radius 2 is 2.22 bits per heavy atom. The molecule has 3 N–H and O–H groups in total. The topological polar surface area (TPSA) is 64.3 Å². The molecule has 0 spiro atoms. The largest absolute Gasteiger partial charge is 0.379 e. The van der Waals surface area contributed by atoms with Gasteiger partial charge in [-0.3, -0.25) is 4.79 Å². The summed E-state index contributed by atoms with van der Waals surface area (Å²) in [5.41, 5.74) is 6.34. The molecule has 1 heterocycles. The quantitative estimate of drug-likeness (QED) is 0.818. The van der Waals surface area contributed by atoms with Gasteiger partial charge in [0.1, 0.15) is 5.82 Å². The van der Waals surface area contributed by atoms with Crippen molar-refractivity contribution >= 4 is 5.91 Å². The van der Waals surface area contributed by atoms with Crippen LogP contribution >= 0.6 is 0 Å². The van der Waals surface area contributed by atoms with E-state index < -0.39 is 0 Å². The molecule has 2 unspecified atom stereocenters. The SMILES string of the molecule is NC1COCC1C(=O)NCCc1ccccc1F. The summed E-state index contributed by atoms with van der Waals surface area (Å²) >= 11 is 0. The number of ether oxygens (including phenoxy) is 1. The highest BCUT2D eigenvalue weighted by Crippen LogP contribution is 2.11. The van der Waals surface area contributed by atoms with Crippen LogP contribution in [0.5, 0.6) is 0 Å². The fourth-order valence-electron chi connectivity index (χ4n) is 1.99. The van der Waals surface area contributed by atoms with Crippen molar-refractivity contribution in [3.05, 3.63) is 35.6 Å². The predicted molar refractivity (Wildman–Crippen MR) is 65.4 cm³/mol. The van der Waals surface area contributed by atoms with Crippen LogP contribution in [0.1, 0.15) is 5.56 Å². The van der Waals surface area contributed by atoms with Gasteiger partial charge in [0.15, 0.2) is 0 Å². The lowest BCUT2D eigenvalue weighted by atomic mass is 10.0. The maximum Gasteiger partial charge on any atom is 0.227 e. The molecule has 1 saturated heterocycles. The number of carbonyl (C=O) groups is 1. The third kappa shape index (κ3) is 3.05. The normalized spacial score (nSPS) is 23.0. The first-order valence-electron chi connectivity index (χ1n) is 6.03. The highest BCUT2D eigenvalue weighted by atomic mass is 19.1. The monoisotopic (exact) mass is 252 g/mol. The van der Waals surface area contributed by atoms with Crippen LogP contribution in [0.4, 0.5) is 4.39 Å². The Morgan fingerprint density at radius 3 is 2.89 bits per heavy atom. The van der Waals surface area contributed by atoms with Crippen molar-refractivity contribution < 1.29 is 13.9 Å². The second kappa shape index (κ2) is 5.93. The molecule has 1 aromatic rings. The first-order valence-corrected chi connectivity index (χ1v) is 6.03. The lowest BCUT2D eigenvalue weighted by Crippen LogP contribution is -2.41. The minimum Gasteiger partial charge on any atom is -0.379 e. The number of hydrogen-bond donors (Lipinski definition) is 2. The van der Waals surface area contributed by atoms with E-state index >= 15 is 0 Å². The molecule has 1 fully saturated rings. The molecule has 18 heavy (non-hydrogen) atoms. The summed E-state index contributed by atoms with van der Waals surface area (Å²) in [4.78, 5) is 11.8. The van der Waals surface area contributed by atoms with Crippen LogP contribution < -0.4 is 11.1 Å². The molecule has 4 nitrogen and oxygen atoms in total. The number of nitrogens with two attached hydrogens (primary N) is 1. The zero-order chi connectivity index (χ0) is 13.0. The van der Waals surface area contributed by atoms with Crippen molar-refractivity contribution in [2.24, 2.45) is 11.7 Å². The fraction of sp³-hybridized carbons (Fsp3) is 0.462. The zero-order valence-corrected chi connectivity index (χ0v) is 10.1. The number of amides is 1. The van der Waals surface area contributed by atoms with Crippen LogP contribution in [-0.2, 0) is 16.0 Å². The lowest BCUT2D eigenvalue weighted by molar-refractivity contribution is -0.125. The molecule has 0 aromatic heterocycles. The molecule has 0 radical (unpaired) electrons. The number of benzene rings is 1. The van der Waals surface area contributed by atoms with Gasteiger partial charge in [0.2, 0.25) is 5.91 Å². The Balaban J connectivity index is 1.79. The third-order valence-electron chi connectivity index (χ3n) is 3.11. The average Bonchev–Trinajstić information content (AvgIpc) is 2.78. The summed E-state index contributed by atoms with van der Waals surface area (Å²) in [6, 6.07) is 6.32. The van der Waals surface area contributed by atoms with E-state index in [1.807, 2.05) is 0 Å². The Hall–Kier alpha value is -1.46. The first kappa shape index (κ1) is 13.0. The number of rotatable bonds is 4. The molecule has 98 valence electrons. The number of halogens is 1. The van der Waals surface area contributed by atoms with E-state index in [1.165, 1.54) is 6.07 Å². The van der Waals surface area contributed by atoms with E-state index in [0.29, 0.717) is 31.7 Å². The van der Waals surface area contributed by atoms with Crippen LogP contribution in [0.3, 0.4) is 0 Å². The summed E-state index contributed by atoms with van der Waals surface area (Å²) in [6.45, 7) is 1.20. The van der Waals surface area contributed by atoms with E-state index in [-0.39, 0.29) is 23.7 Å². The van der Waals surface area contributed by atoms with Gasteiger partial charge in [-0.25, -0.2) is 4.39 Å². The lowest BCUT2D eigenvalue weighted by Gasteiger charge is -2.13. The minimum absolute atomic E-state index is 0.115. The first-order chi connectivity index (χ1) is 8.68. The second-order valence-corrected chi connectivity index (χ2v) is 4.44. The van der Waals surface area contributed by atoms with E-state index in [4.69, 9.17) is 10.5 Å². The van der Waals surface area contributed by atoms with Crippen LogP contribution in [0.15, 0.2) is 24.3 Å². The highest BCUT2D eigenvalue weighted by Gasteiger charge is 2.30. The molecule has 0 saturated carbocycles. The summed E-state index contributed by atoms with van der Waals surface area (Å²) in [6.07, 6.45) is 0.473. The standard InChI is InChI=1S/C13H17FN2O2/c14-11-4-2-1-3-9(11)5-6-16-13(17)10-7-18-8-12(10)15/h1-4,10,12H,5-8,15H2,(H,16,17). The smallest absolute Gasteiger partial charge is 0.227 e. The Labute approximate surface area is 105 Å². The van der Waals surface area contributed by atoms with Crippen molar-refractivity contribution in [2.75, 3.05) is 19.8 Å². The number of nitrogens with one attached hydrogen (secondary N) is 1. The minimum atomic E-state index is -0.286. The molecule has 2 atom stereocenters. The van der Waals surface area contributed by atoms with Crippen molar-refractivity contribution in [3.8, 4) is 0 Å². The summed E-state index contributed by atoms with van der Waals surface area (Å²) in [7, 11) is 0. The molecule has 1 aromatic carbocycles. The van der Waals surface area contributed by atoms with Gasteiger partial charge >= 0.3 is 0 Å². The third-order valence-corrected chi connectivity index (χ3v) is 3.11. The molecule has 0 aliphatic carbocycles. The van der Waals surface area contributed by atoms with E-state index in [1.54, 1.807) is 18.2 Å². The molecular weight excluding hydrogens is 235 g/mol.